The number of carbonyl (C=O) groups is 4. The van der Waals surface area contributed by atoms with Gasteiger partial charge in [-0.15, -0.1) is 0 Å². The molecule has 3 aromatic rings. The maximum atomic E-state index is 14.0. The fraction of sp³-hybridized carbons (Fsp3) is 0.312. The first-order valence-electron chi connectivity index (χ1n) is 14.0. The van der Waals surface area contributed by atoms with Gasteiger partial charge in [-0.1, -0.05) is 31.2 Å². The third kappa shape index (κ3) is 5.75. The first-order chi connectivity index (χ1) is 20.2. The van der Waals surface area contributed by atoms with E-state index >= 15 is 0 Å². The van der Waals surface area contributed by atoms with Crippen LogP contribution < -0.4 is 15.1 Å². The van der Waals surface area contributed by atoms with Gasteiger partial charge < -0.3 is 19.9 Å². The zero-order valence-electron chi connectivity index (χ0n) is 23.6. The van der Waals surface area contributed by atoms with Crippen LogP contribution in [0.3, 0.4) is 0 Å². The highest BCUT2D eigenvalue weighted by molar-refractivity contribution is 6.52. The van der Waals surface area contributed by atoms with Crippen molar-refractivity contribution < 1.29 is 28.3 Å². The lowest BCUT2D eigenvalue weighted by molar-refractivity contribution is -0.145. The van der Waals surface area contributed by atoms with Crippen LogP contribution in [0.15, 0.2) is 72.8 Å². The third-order valence-electron chi connectivity index (χ3n) is 8.00. The van der Waals surface area contributed by atoms with E-state index in [2.05, 4.69) is 10.2 Å². The number of nitrogens with one attached hydrogen (secondary N) is 1. The molecule has 218 valence electrons. The predicted octanol–water partition coefficient (Wildman–Crippen LogP) is 4.03. The summed E-state index contributed by atoms with van der Waals surface area (Å²) in [6.45, 7) is 5.92. The Morgan fingerprint density at radius 1 is 0.976 bits per heavy atom. The number of ketones is 1. The number of morpholine rings is 1. The summed E-state index contributed by atoms with van der Waals surface area (Å²) in [4.78, 5) is 58.0. The standard InChI is InChI=1S/C32H33FN4O5/c1-3-32(2,31(41)34-24-12-14-25(15-13-24)35-16-18-42-19-17-35)37(20-22-8-10-23(33)11-9-22)28(38)21-36-27-7-5-4-6-26(27)29(39)30(36)40/h4-15H,3,16-21H2,1-2H3,(H,34,41). The van der Waals surface area contributed by atoms with E-state index in [1.54, 1.807) is 50.2 Å². The van der Waals surface area contributed by atoms with Gasteiger partial charge in [-0.05, 0) is 67.4 Å². The highest BCUT2D eigenvalue weighted by Gasteiger charge is 2.43. The van der Waals surface area contributed by atoms with Gasteiger partial charge in [-0.25, -0.2) is 4.39 Å². The summed E-state index contributed by atoms with van der Waals surface area (Å²) in [5, 5.41) is 2.95. The molecule has 0 radical (unpaired) electrons. The van der Waals surface area contributed by atoms with Crippen molar-refractivity contribution in [1.29, 1.82) is 0 Å². The molecule has 0 spiro atoms. The number of carbonyl (C=O) groups excluding carboxylic acids is 4. The lowest BCUT2D eigenvalue weighted by atomic mass is 9.93. The quantitative estimate of drug-likeness (QED) is 0.389. The average molecular weight is 573 g/mol. The Bertz CT molecular complexity index is 1490. The summed E-state index contributed by atoms with van der Waals surface area (Å²) in [6, 6.07) is 19.7. The second kappa shape index (κ2) is 12.1. The summed E-state index contributed by atoms with van der Waals surface area (Å²) in [5.41, 5.74) is 1.44. The van der Waals surface area contributed by atoms with E-state index in [1.807, 2.05) is 24.3 Å². The van der Waals surface area contributed by atoms with Crippen molar-refractivity contribution in [3.05, 3.63) is 89.7 Å². The van der Waals surface area contributed by atoms with Gasteiger partial charge in [0.15, 0.2) is 0 Å². The number of ether oxygens (including phenoxy) is 1. The molecule has 0 saturated carbocycles. The van der Waals surface area contributed by atoms with Crippen LogP contribution in [0.4, 0.5) is 21.5 Å². The largest absolute Gasteiger partial charge is 0.378 e. The SMILES string of the molecule is CCC(C)(C(=O)Nc1ccc(N2CCOCC2)cc1)N(Cc1ccc(F)cc1)C(=O)CN1C(=O)C(=O)c2ccccc21. The van der Waals surface area contributed by atoms with Crippen LogP contribution in [-0.4, -0.2) is 66.8 Å². The van der Waals surface area contributed by atoms with Crippen LogP contribution in [0.1, 0.15) is 36.2 Å². The molecule has 0 bridgehead atoms. The minimum atomic E-state index is -1.35. The molecule has 1 saturated heterocycles. The van der Waals surface area contributed by atoms with Gasteiger partial charge in [0.25, 0.3) is 11.7 Å². The molecular formula is C32H33FN4O5. The number of rotatable bonds is 9. The van der Waals surface area contributed by atoms with Crippen LogP contribution >= 0.6 is 0 Å². The zero-order valence-corrected chi connectivity index (χ0v) is 23.6. The third-order valence-corrected chi connectivity index (χ3v) is 8.00. The topological polar surface area (TPSA) is 99.3 Å². The van der Waals surface area contributed by atoms with Crippen molar-refractivity contribution in [2.45, 2.75) is 32.4 Å². The molecule has 0 aromatic heterocycles. The van der Waals surface area contributed by atoms with Crippen LogP contribution in [0.5, 0.6) is 0 Å². The van der Waals surface area contributed by atoms with Gasteiger partial charge in [-0.3, -0.25) is 24.1 Å². The maximum Gasteiger partial charge on any atom is 0.299 e. The Hall–Kier alpha value is -4.57. The van der Waals surface area contributed by atoms with E-state index in [1.165, 1.54) is 17.0 Å². The van der Waals surface area contributed by atoms with Crippen LogP contribution in [0, 0.1) is 5.82 Å². The molecule has 2 heterocycles. The van der Waals surface area contributed by atoms with Crippen molar-refractivity contribution in [2.24, 2.45) is 0 Å². The van der Waals surface area contributed by atoms with Gasteiger partial charge in [-0.2, -0.15) is 0 Å². The summed E-state index contributed by atoms with van der Waals surface area (Å²) >= 11 is 0. The van der Waals surface area contributed by atoms with Crippen molar-refractivity contribution in [2.75, 3.05) is 48.0 Å². The molecule has 0 aliphatic carbocycles. The van der Waals surface area contributed by atoms with Gasteiger partial charge in [0.2, 0.25) is 11.8 Å². The number of Topliss-reactive ketones (excluding diaryl/α,β-unsaturated/α-hetero) is 1. The normalized spacial score (nSPS) is 16.2. The van der Waals surface area contributed by atoms with Crippen molar-refractivity contribution in [3.8, 4) is 0 Å². The Morgan fingerprint density at radius 2 is 1.64 bits per heavy atom. The van der Waals surface area contributed by atoms with Gasteiger partial charge in [0.1, 0.15) is 17.9 Å². The number of para-hydroxylation sites is 1. The lowest BCUT2D eigenvalue weighted by Gasteiger charge is -2.40. The van der Waals surface area contributed by atoms with Gasteiger partial charge >= 0.3 is 0 Å². The molecule has 1 N–H and O–H groups in total. The summed E-state index contributed by atoms with van der Waals surface area (Å²) in [5.74, 6) is -2.84. The molecule has 2 aliphatic heterocycles. The molecule has 10 heteroatoms. The number of anilines is 3. The van der Waals surface area contributed by atoms with Gasteiger partial charge in [0, 0.05) is 31.0 Å². The van der Waals surface area contributed by atoms with Crippen LogP contribution in [0.2, 0.25) is 0 Å². The molecular weight excluding hydrogens is 539 g/mol. The molecule has 9 nitrogen and oxygen atoms in total. The number of hydrogen-bond donors (Lipinski definition) is 1. The van der Waals surface area contributed by atoms with E-state index in [0.29, 0.717) is 30.2 Å². The molecule has 42 heavy (non-hydrogen) atoms. The predicted molar refractivity (Wildman–Crippen MR) is 157 cm³/mol. The van der Waals surface area contributed by atoms with Crippen molar-refractivity contribution >= 4 is 40.6 Å². The number of halogens is 1. The fourth-order valence-electron chi connectivity index (χ4n) is 5.25. The van der Waals surface area contributed by atoms with Gasteiger partial charge in [0.05, 0.1) is 24.5 Å². The molecule has 3 amide bonds. The number of benzene rings is 3. The molecule has 5 rings (SSSR count). The second-order valence-electron chi connectivity index (χ2n) is 10.6. The first kappa shape index (κ1) is 28.9. The van der Waals surface area contributed by atoms with E-state index in [0.717, 1.165) is 23.7 Å². The average Bonchev–Trinajstić information content (AvgIpc) is 3.25. The lowest BCUT2D eigenvalue weighted by Crippen LogP contribution is -2.58. The minimum Gasteiger partial charge on any atom is -0.378 e. The highest BCUT2D eigenvalue weighted by Crippen LogP contribution is 2.31. The van der Waals surface area contributed by atoms with Crippen LogP contribution in [-0.2, 0) is 25.7 Å². The molecule has 1 atom stereocenters. The van der Waals surface area contributed by atoms with E-state index in [9.17, 15) is 23.6 Å². The summed E-state index contributed by atoms with van der Waals surface area (Å²) < 4.78 is 19.1. The summed E-state index contributed by atoms with van der Waals surface area (Å²) in [7, 11) is 0. The molecule has 3 aromatic carbocycles. The molecule has 2 aliphatic rings. The van der Waals surface area contributed by atoms with Crippen LogP contribution in [0.25, 0.3) is 0 Å². The molecule has 1 fully saturated rings. The number of amides is 3. The molecule has 1 unspecified atom stereocenters. The highest BCUT2D eigenvalue weighted by atomic mass is 19.1. The van der Waals surface area contributed by atoms with Crippen molar-refractivity contribution in [1.82, 2.24) is 4.90 Å². The smallest absolute Gasteiger partial charge is 0.299 e. The van der Waals surface area contributed by atoms with E-state index in [4.69, 9.17) is 4.74 Å². The minimum absolute atomic E-state index is 0.00946. The summed E-state index contributed by atoms with van der Waals surface area (Å²) in [6.07, 6.45) is 0.251. The fourth-order valence-corrected chi connectivity index (χ4v) is 5.25. The van der Waals surface area contributed by atoms with E-state index in [-0.39, 0.29) is 18.5 Å². The Kier molecular flexibility index (Phi) is 8.35. The van der Waals surface area contributed by atoms with E-state index < -0.39 is 41.4 Å². The maximum absolute atomic E-state index is 14.0. The Labute approximate surface area is 243 Å². The zero-order chi connectivity index (χ0) is 29.9. The first-order valence-corrected chi connectivity index (χ1v) is 14.0. The Morgan fingerprint density at radius 3 is 2.31 bits per heavy atom. The monoisotopic (exact) mass is 572 g/mol. The number of hydrogen-bond acceptors (Lipinski definition) is 6. The number of fused-ring (bicyclic) bond motifs is 1. The number of nitrogens with zero attached hydrogens (tertiary/aromatic N) is 3. The Balaban J connectivity index is 1.40. The second-order valence-corrected chi connectivity index (χ2v) is 10.6. The van der Waals surface area contributed by atoms with Crippen molar-refractivity contribution in [3.63, 3.8) is 0 Å².